The lowest BCUT2D eigenvalue weighted by Gasteiger charge is -2.12. The second-order valence-electron chi connectivity index (χ2n) is 4.25. The van der Waals surface area contributed by atoms with Gasteiger partial charge < -0.3 is 0 Å². The summed E-state index contributed by atoms with van der Waals surface area (Å²) in [6, 6.07) is -0.473. The van der Waals surface area contributed by atoms with Crippen LogP contribution < -0.4 is 4.72 Å². The van der Waals surface area contributed by atoms with Gasteiger partial charge in [-0.25, -0.2) is 8.42 Å². The molecule has 0 aliphatic carbocycles. The Kier molecular flexibility index (Phi) is 4.54. The molecule has 18 heavy (non-hydrogen) atoms. The van der Waals surface area contributed by atoms with Crippen LogP contribution in [0.4, 0.5) is 0 Å². The summed E-state index contributed by atoms with van der Waals surface area (Å²) in [4.78, 5) is 0.223. The van der Waals surface area contributed by atoms with Gasteiger partial charge in [0.05, 0.1) is 17.4 Å². The van der Waals surface area contributed by atoms with Crippen LogP contribution in [-0.2, 0) is 17.1 Å². The van der Waals surface area contributed by atoms with E-state index in [0.29, 0.717) is 17.8 Å². The minimum atomic E-state index is -3.61. The van der Waals surface area contributed by atoms with Gasteiger partial charge in [0.2, 0.25) is 10.0 Å². The lowest BCUT2D eigenvalue weighted by molar-refractivity contribution is 0.563. The molecule has 6 heteroatoms. The van der Waals surface area contributed by atoms with E-state index in [9.17, 15) is 8.42 Å². The van der Waals surface area contributed by atoms with Crippen molar-refractivity contribution in [3.05, 3.63) is 11.4 Å². The summed E-state index contributed by atoms with van der Waals surface area (Å²) in [5, 5.41) is 4.10. The van der Waals surface area contributed by atoms with E-state index in [1.807, 2.05) is 6.92 Å². The molecule has 0 fully saturated rings. The number of aromatic nitrogens is 2. The lowest BCUT2D eigenvalue weighted by atomic mass is 10.2. The normalized spacial score (nSPS) is 13.3. The number of nitrogens with zero attached hydrogens (tertiary/aromatic N) is 2. The smallest absolute Gasteiger partial charge is 0.245 e. The Bertz CT molecular complexity index is 567. The zero-order chi connectivity index (χ0) is 13.9. The zero-order valence-electron chi connectivity index (χ0n) is 11.2. The summed E-state index contributed by atoms with van der Waals surface area (Å²) >= 11 is 0. The van der Waals surface area contributed by atoms with Gasteiger partial charge in [-0.15, -0.1) is 6.42 Å². The molecule has 1 aromatic heterocycles. The number of hydrogen-bond acceptors (Lipinski definition) is 3. The van der Waals surface area contributed by atoms with Gasteiger partial charge in [-0.05, 0) is 20.3 Å². The van der Waals surface area contributed by atoms with Crippen LogP contribution in [-0.4, -0.2) is 24.2 Å². The van der Waals surface area contributed by atoms with Crippen LogP contribution in [0, 0.1) is 26.2 Å². The standard InChI is InChI=1S/C12H19N3O2S/c1-6-8-11(7-2)14-18(16,17)12-9(3)13-15(5)10(12)4/h2,11,14H,6,8H2,1,3-5H3. The third-order valence-corrected chi connectivity index (χ3v) is 4.51. The molecule has 100 valence electrons. The van der Waals surface area contributed by atoms with Gasteiger partial charge in [0, 0.05) is 7.05 Å². The molecule has 1 unspecified atom stereocenters. The molecule has 0 aliphatic rings. The number of aryl methyl sites for hydroxylation is 2. The molecule has 0 bridgehead atoms. The highest BCUT2D eigenvalue weighted by Crippen LogP contribution is 2.18. The summed E-state index contributed by atoms with van der Waals surface area (Å²) in [5.41, 5.74) is 1.09. The second-order valence-corrected chi connectivity index (χ2v) is 5.90. The van der Waals surface area contributed by atoms with Crippen molar-refractivity contribution in [2.24, 2.45) is 7.05 Å². The minimum Gasteiger partial charge on any atom is -0.271 e. The Morgan fingerprint density at radius 2 is 2.11 bits per heavy atom. The van der Waals surface area contributed by atoms with E-state index >= 15 is 0 Å². The Hall–Kier alpha value is -1.32. The van der Waals surface area contributed by atoms with Crippen LogP contribution in [0.2, 0.25) is 0 Å². The Morgan fingerprint density at radius 1 is 1.50 bits per heavy atom. The first-order chi connectivity index (χ1) is 8.33. The van der Waals surface area contributed by atoms with Crippen LogP contribution >= 0.6 is 0 Å². The van der Waals surface area contributed by atoms with E-state index in [4.69, 9.17) is 6.42 Å². The summed E-state index contributed by atoms with van der Waals surface area (Å²) in [6.45, 7) is 5.35. The molecule has 1 rings (SSSR count). The molecule has 0 amide bonds. The maximum atomic E-state index is 12.3. The van der Waals surface area contributed by atoms with Gasteiger partial charge >= 0.3 is 0 Å². The van der Waals surface area contributed by atoms with Crippen molar-refractivity contribution in [1.29, 1.82) is 0 Å². The van der Waals surface area contributed by atoms with E-state index in [-0.39, 0.29) is 4.90 Å². The molecule has 0 saturated heterocycles. The molecule has 0 spiro atoms. The van der Waals surface area contributed by atoms with Crippen LogP contribution in [0.15, 0.2) is 4.90 Å². The number of terminal acetylenes is 1. The van der Waals surface area contributed by atoms with Crippen molar-refractivity contribution in [1.82, 2.24) is 14.5 Å². The Labute approximate surface area is 109 Å². The molecular formula is C12H19N3O2S. The van der Waals surface area contributed by atoms with E-state index in [1.54, 1.807) is 25.6 Å². The minimum absolute atomic E-state index is 0.223. The maximum Gasteiger partial charge on any atom is 0.245 e. The monoisotopic (exact) mass is 269 g/mol. The second kappa shape index (κ2) is 5.55. The summed E-state index contributed by atoms with van der Waals surface area (Å²) in [7, 11) is -1.90. The predicted octanol–water partition coefficient (Wildman–Crippen LogP) is 1.12. The van der Waals surface area contributed by atoms with E-state index in [0.717, 1.165) is 6.42 Å². The van der Waals surface area contributed by atoms with Gasteiger partial charge in [0.15, 0.2) is 0 Å². The number of rotatable bonds is 5. The van der Waals surface area contributed by atoms with Crippen molar-refractivity contribution in [2.45, 2.75) is 44.6 Å². The third kappa shape index (κ3) is 2.92. The van der Waals surface area contributed by atoms with Crippen LogP contribution in [0.3, 0.4) is 0 Å². The highest BCUT2D eigenvalue weighted by atomic mass is 32.2. The molecule has 0 aromatic carbocycles. The first-order valence-corrected chi connectivity index (χ1v) is 7.30. The lowest BCUT2D eigenvalue weighted by Crippen LogP contribution is -2.34. The van der Waals surface area contributed by atoms with Crippen LogP contribution in [0.25, 0.3) is 0 Å². The topological polar surface area (TPSA) is 64.0 Å². The molecule has 0 radical (unpaired) electrons. The first-order valence-electron chi connectivity index (χ1n) is 5.82. The predicted molar refractivity (Wildman–Crippen MR) is 70.5 cm³/mol. The quantitative estimate of drug-likeness (QED) is 0.815. The highest BCUT2D eigenvalue weighted by Gasteiger charge is 2.25. The zero-order valence-corrected chi connectivity index (χ0v) is 12.0. The number of nitrogens with one attached hydrogen (secondary N) is 1. The average Bonchev–Trinajstić information content (AvgIpc) is 2.52. The van der Waals surface area contributed by atoms with Gasteiger partial charge in [-0.1, -0.05) is 19.3 Å². The first kappa shape index (κ1) is 14.7. The third-order valence-electron chi connectivity index (χ3n) is 2.79. The molecule has 0 aliphatic heterocycles. The Morgan fingerprint density at radius 3 is 2.50 bits per heavy atom. The summed E-state index contributed by atoms with van der Waals surface area (Å²) in [5.74, 6) is 2.46. The fourth-order valence-corrected chi connectivity index (χ4v) is 3.48. The van der Waals surface area contributed by atoms with Crippen LogP contribution in [0.1, 0.15) is 31.2 Å². The average molecular weight is 269 g/mol. The molecule has 1 atom stereocenters. The summed E-state index contributed by atoms with van der Waals surface area (Å²) in [6.07, 6.45) is 6.77. The molecule has 1 aromatic rings. The van der Waals surface area contributed by atoms with Crippen molar-refractivity contribution < 1.29 is 8.42 Å². The number of hydrogen-bond donors (Lipinski definition) is 1. The molecule has 1 N–H and O–H groups in total. The fraction of sp³-hybridized carbons (Fsp3) is 0.583. The van der Waals surface area contributed by atoms with Gasteiger partial charge in [0.25, 0.3) is 0 Å². The number of sulfonamides is 1. The molecular weight excluding hydrogens is 250 g/mol. The molecule has 5 nitrogen and oxygen atoms in total. The van der Waals surface area contributed by atoms with E-state index in [2.05, 4.69) is 15.7 Å². The fourth-order valence-electron chi connectivity index (χ4n) is 1.85. The van der Waals surface area contributed by atoms with Crippen molar-refractivity contribution in [3.8, 4) is 12.3 Å². The van der Waals surface area contributed by atoms with Crippen LogP contribution in [0.5, 0.6) is 0 Å². The summed E-state index contributed by atoms with van der Waals surface area (Å²) < 4.78 is 28.6. The van der Waals surface area contributed by atoms with Crippen molar-refractivity contribution in [3.63, 3.8) is 0 Å². The Balaban J connectivity index is 3.11. The molecule has 0 saturated carbocycles. The molecule has 1 heterocycles. The van der Waals surface area contributed by atoms with Crippen molar-refractivity contribution >= 4 is 10.0 Å². The van der Waals surface area contributed by atoms with Gasteiger partial charge in [-0.3, -0.25) is 4.68 Å². The SMILES string of the molecule is C#CC(CCC)NS(=O)(=O)c1c(C)nn(C)c1C. The highest BCUT2D eigenvalue weighted by molar-refractivity contribution is 7.89. The van der Waals surface area contributed by atoms with E-state index < -0.39 is 16.1 Å². The van der Waals surface area contributed by atoms with E-state index in [1.165, 1.54) is 0 Å². The van der Waals surface area contributed by atoms with Gasteiger partial charge in [0.1, 0.15) is 4.90 Å². The van der Waals surface area contributed by atoms with Gasteiger partial charge in [-0.2, -0.15) is 9.82 Å². The largest absolute Gasteiger partial charge is 0.271 e. The maximum absolute atomic E-state index is 12.3. The van der Waals surface area contributed by atoms with Crippen molar-refractivity contribution in [2.75, 3.05) is 0 Å².